The van der Waals surface area contributed by atoms with Gasteiger partial charge in [0.1, 0.15) is 0 Å². The van der Waals surface area contributed by atoms with E-state index in [-0.39, 0.29) is 0 Å². The van der Waals surface area contributed by atoms with Gasteiger partial charge in [0.25, 0.3) is 0 Å². The summed E-state index contributed by atoms with van der Waals surface area (Å²) < 4.78 is 2.10. The van der Waals surface area contributed by atoms with E-state index in [2.05, 4.69) is 48.8 Å². The van der Waals surface area contributed by atoms with Gasteiger partial charge in [-0.25, -0.2) is 0 Å². The molecule has 1 aromatic carbocycles. The van der Waals surface area contributed by atoms with E-state index in [9.17, 15) is 0 Å². The summed E-state index contributed by atoms with van der Waals surface area (Å²) in [5.74, 6) is 0. The number of aromatic nitrogens is 2. The van der Waals surface area contributed by atoms with Crippen molar-refractivity contribution in [1.29, 1.82) is 0 Å². The first-order valence-corrected chi connectivity index (χ1v) is 5.16. The van der Waals surface area contributed by atoms with Crippen molar-refractivity contribution in [2.24, 2.45) is 0 Å². The number of rotatable bonds is 2. The van der Waals surface area contributed by atoms with Crippen molar-refractivity contribution in [1.82, 2.24) is 9.78 Å². The highest BCUT2D eigenvalue weighted by Crippen LogP contribution is 2.19. The summed E-state index contributed by atoms with van der Waals surface area (Å²) in [6, 6.07) is 6.53. The highest BCUT2D eigenvalue weighted by Gasteiger charge is 2.05. The van der Waals surface area contributed by atoms with Crippen LogP contribution in [0.15, 0.2) is 18.2 Å². The number of benzene rings is 1. The smallest absolute Gasteiger partial charge is 0.0685 e. The largest absolute Gasteiger partial charge is 0.265 e. The Labute approximate surface area is 84.5 Å². The van der Waals surface area contributed by atoms with Crippen LogP contribution in [0.3, 0.4) is 0 Å². The van der Waals surface area contributed by atoms with Crippen LogP contribution in [0.5, 0.6) is 0 Å². The predicted molar refractivity (Wildman–Crippen MR) is 59.5 cm³/mol. The molecular weight excluding hydrogens is 172 g/mol. The Morgan fingerprint density at radius 1 is 1.29 bits per heavy atom. The van der Waals surface area contributed by atoms with Crippen LogP contribution in [0, 0.1) is 13.8 Å². The second kappa shape index (κ2) is 3.45. The molecule has 74 valence electrons. The molecule has 0 spiro atoms. The molecule has 0 saturated carbocycles. The van der Waals surface area contributed by atoms with Crippen LogP contribution in [0.25, 0.3) is 10.9 Å². The Kier molecular flexibility index (Phi) is 2.28. The van der Waals surface area contributed by atoms with Crippen molar-refractivity contribution >= 4 is 10.9 Å². The lowest BCUT2D eigenvalue weighted by Gasteiger charge is -2.00. The number of hydrogen-bond acceptors (Lipinski definition) is 1. The number of hydrogen-bond donors (Lipinski definition) is 0. The maximum Gasteiger partial charge on any atom is 0.0685 e. The van der Waals surface area contributed by atoms with Crippen LogP contribution in [-0.2, 0) is 6.54 Å². The standard InChI is InChI=1S/C12H16N2/c1-4-7-14-12-6-5-9(2)8-11(12)10(3)13-14/h5-6,8H,4,7H2,1-3H3. The maximum absolute atomic E-state index is 4.54. The van der Waals surface area contributed by atoms with Gasteiger partial charge in [0.05, 0.1) is 11.2 Å². The van der Waals surface area contributed by atoms with Gasteiger partial charge in [-0.1, -0.05) is 18.6 Å². The van der Waals surface area contributed by atoms with E-state index in [1.165, 1.54) is 16.5 Å². The Morgan fingerprint density at radius 3 is 2.79 bits per heavy atom. The van der Waals surface area contributed by atoms with E-state index in [4.69, 9.17) is 0 Å². The Bertz CT molecular complexity index is 455. The fourth-order valence-corrected chi connectivity index (χ4v) is 1.84. The van der Waals surface area contributed by atoms with Gasteiger partial charge in [0.15, 0.2) is 0 Å². The lowest BCUT2D eigenvalue weighted by Crippen LogP contribution is -1.98. The topological polar surface area (TPSA) is 17.8 Å². The first-order chi connectivity index (χ1) is 6.72. The summed E-state index contributed by atoms with van der Waals surface area (Å²) >= 11 is 0. The lowest BCUT2D eigenvalue weighted by atomic mass is 10.1. The molecule has 2 rings (SSSR count). The first kappa shape index (κ1) is 9.25. The molecule has 0 radical (unpaired) electrons. The van der Waals surface area contributed by atoms with Crippen LogP contribution in [0.4, 0.5) is 0 Å². The summed E-state index contributed by atoms with van der Waals surface area (Å²) in [7, 11) is 0. The molecule has 14 heavy (non-hydrogen) atoms. The Morgan fingerprint density at radius 2 is 2.07 bits per heavy atom. The molecule has 2 heteroatoms. The summed E-state index contributed by atoms with van der Waals surface area (Å²) in [5.41, 5.74) is 3.70. The monoisotopic (exact) mass is 188 g/mol. The van der Waals surface area contributed by atoms with Gasteiger partial charge < -0.3 is 0 Å². The zero-order chi connectivity index (χ0) is 10.1. The van der Waals surface area contributed by atoms with Gasteiger partial charge >= 0.3 is 0 Å². The molecule has 0 aliphatic carbocycles. The third kappa shape index (κ3) is 1.41. The van der Waals surface area contributed by atoms with E-state index in [0.29, 0.717) is 0 Å². The fourth-order valence-electron chi connectivity index (χ4n) is 1.84. The second-order valence-electron chi connectivity index (χ2n) is 3.83. The van der Waals surface area contributed by atoms with Gasteiger partial charge in [0.2, 0.25) is 0 Å². The normalized spacial score (nSPS) is 11.1. The maximum atomic E-state index is 4.54. The van der Waals surface area contributed by atoms with E-state index in [0.717, 1.165) is 18.7 Å². The van der Waals surface area contributed by atoms with Gasteiger partial charge in [-0.05, 0) is 32.4 Å². The van der Waals surface area contributed by atoms with Crippen LogP contribution in [0.1, 0.15) is 24.6 Å². The third-order valence-corrected chi connectivity index (χ3v) is 2.53. The van der Waals surface area contributed by atoms with Crippen molar-refractivity contribution in [2.45, 2.75) is 33.7 Å². The first-order valence-electron chi connectivity index (χ1n) is 5.16. The van der Waals surface area contributed by atoms with E-state index in [1.807, 2.05) is 0 Å². The molecule has 1 aromatic heterocycles. The Balaban J connectivity index is 2.65. The molecule has 0 saturated heterocycles. The molecule has 2 aromatic rings. The molecule has 0 unspecified atom stereocenters. The van der Waals surface area contributed by atoms with E-state index in [1.54, 1.807) is 0 Å². The van der Waals surface area contributed by atoms with Crippen LogP contribution < -0.4 is 0 Å². The highest BCUT2D eigenvalue weighted by atomic mass is 15.3. The summed E-state index contributed by atoms with van der Waals surface area (Å²) in [4.78, 5) is 0. The minimum atomic E-state index is 1.01. The van der Waals surface area contributed by atoms with Crippen molar-refractivity contribution in [3.63, 3.8) is 0 Å². The zero-order valence-corrected chi connectivity index (χ0v) is 9.04. The number of nitrogens with zero attached hydrogens (tertiary/aromatic N) is 2. The molecular formula is C12H16N2. The molecule has 0 aliphatic heterocycles. The van der Waals surface area contributed by atoms with Crippen molar-refractivity contribution in [3.05, 3.63) is 29.5 Å². The molecule has 1 heterocycles. The second-order valence-corrected chi connectivity index (χ2v) is 3.83. The summed E-state index contributed by atoms with van der Waals surface area (Å²) in [5, 5.41) is 5.83. The van der Waals surface area contributed by atoms with Crippen molar-refractivity contribution in [3.8, 4) is 0 Å². The molecule has 0 fully saturated rings. The minimum Gasteiger partial charge on any atom is -0.265 e. The number of aryl methyl sites for hydroxylation is 3. The fraction of sp³-hybridized carbons (Fsp3) is 0.417. The van der Waals surface area contributed by atoms with Gasteiger partial charge in [0, 0.05) is 11.9 Å². The predicted octanol–water partition coefficient (Wildman–Crippen LogP) is 3.06. The van der Waals surface area contributed by atoms with Crippen LogP contribution >= 0.6 is 0 Å². The summed E-state index contributed by atoms with van der Waals surface area (Å²) in [6.07, 6.45) is 1.13. The van der Waals surface area contributed by atoms with Crippen LogP contribution in [-0.4, -0.2) is 9.78 Å². The molecule has 0 amide bonds. The van der Waals surface area contributed by atoms with Crippen LogP contribution in [0.2, 0.25) is 0 Å². The van der Waals surface area contributed by atoms with Gasteiger partial charge in [-0.2, -0.15) is 5.10 Å². The quantitative estimate of drug-likeness (QED) is 0.708. The molecule has 2 nitrogen and oxygen atoms in total. The SMILES string of the molecule is CCCn1nc(C)c2cc(C)ccc21. The summed E-state index contributed by atoms with van der Waals surface area (Å²) in [6.45, 7) is 7.38. The van der Waals surface area contributed by atoms with Crippen molar-refractivity contribution < 1.29 is 0 Å². The molecule has 0 N–H and O–H groups in total. The average Bonchev–Trinajstić information content (AvgIpc) is 2.44. The third-order valence-electron chi connectivity index (χ3n) is 2.53. The van der Waals surface area contributed by atoms with Crippen molar-refractivity contribution in [2.75, 3.05) is 0 Å². The average molecular weight is 188 g/mol. The minimum absolute atomic E-state index is 1.01. The van der Waals surface area contributed by atoms with E-state index >= 15 is 0 Å². The molecule has 0 atom stereocenters. The molecule has 0 aliphatic rings. The van der Waals surface area contributed by atoms with Gasteiger partial charge in [-0.3, -0.25) is 4.68 Å². The number of fused-ring (bicyclic) bond motifs is 1. The van der Waals surface area contributed by atoms with Gasteiger partial charge in [-0.15, -0.1) is 0 Å². The lowest BCUT2D eigenvalue weighted by molar-refractivity contribution is 0.617. The Hall–Kier alpha value is -1.31. The van der Waals surface area contributed by atoms with E-state index < -0.39 is 0 Å². The highest BCUT2D eigenvalue weighted by molar-refractivity contribution is 5.82. The zero-order valence-electron chi connectivity index (χ0n) is 9.04. The molecule has 0 bridgehead atoms.